The highest BCUT2D eigenvalue weighted by molar-refractivity contribution is 7.12. The molecule has 118 valence electrons. The maximum atomic E-state index is 12.1. The largest absolute Gasteiger partial charge is 0.383 e. The number of rotatable bonds is 3. The predicted molar refractivity (Wildman–Crippen MR) is 93.3 cm³/mol. The van der Waals surface area contributed by atoms with Gasteiger partial charge in [-0.1, -0.05) is 6.07 Å². The fourth-order valence-corrected chi connectivity index (χ4v) is 2.96. The molecule has 0 aliphatic heterocycles. The van der Waals surface area contributed by atoms with Crippen molar-refractivity contribution in [2.45, 2.75) is 0 Å². The summed E-state index contributed by atoms with van der Waals surface area (Å²) in [6, 6.07) is 11.0. The summed E-state index contributed by atoms with van der Waals surface area (Å²) in [4.78, 5) is 20.9. The van der Waals surface area contributed by atoms with Crippen molar-refractivity contribution >= 4 is 39.8 Å². The number of aromatic nitrogens is 4. The van der Waals surface area contributed by atoms with Crippen molar-refractivity contribution in [1.82, 2.24) is 19.7 Å². The van der Waals surface area contributed by atoms with Gasteiger partial charge in [-0.15, -0.1) is 11.3 Å². The van der Waals surface area contributed by atoms with Gasteiger partial charge in [0.05, 0.1) is 22.1 Å². The number of thiophene rings is 1. The maximum Gasteiger partial charge on any atom is 0.265 e. The van der Waals surface area contributed by atoms with Crippen LogP contribution in [-0.4, -0.2) is 25.7 Å². The van der Waals surface area contributed by atoms with Gasteiger partial charge in [0.1, 0.15) is 12.1 Å². The Bertz CT molecular complexity index is 1010. The number of amides is 1. The Balaban J connectivity index is 1.61. The van der Waals surface area contributed by atoms with E-state index in [1.807, 2.05) is 35.7 Å². The third kappa shape index (κ3) is 2.48. The lowest BCUT2D eigenvalue weighted by molar-refractivity contribution is 0.103. The summed E-state index contributed by atoms with van der Waals surface area (Å²) >= 11 is 1.40. The van der Waals surface area contributed by atoms with E-state index < -0.39 is 0 Å². The van der Waals surface area contributed by atoms with E-state index in [4.69, 9.17) is 5.73 Å². The highest BCUT2D eigenvalue weighted by Gasteiger charge is 2.10. The molecule has 0 saturated carbocycles. The first-order valence-corrected chi connectivity index (χ1v) is 8.00. The first kappa shape index (κ1) is 14.3. The number of anilines is 2. The molecule has 0 unspecified atom stereocenters. The van der Waals surface area contributed by atoms with Gasteiger partial charge in [0.25, 0.3) is 5.91 Å². The third-order valence-corrected chi connectivity index (χ3v) is 4.38. The molecule has 4 aromatic rings. The molecule has 0 fully saturated rings. The maximum absolute atomic E-state index is 12.1. The Morgan fingerprint density at radius 1 is 1.17 bits per heavy atom. The van der Waals surface area contributed by atoms with Crippen molar-refractivity contribution < 1.29 is 4.79 Å². The molecule has 24 heavy (non-hydrogen) atoms. The van der Waals surface area contributed by atoms with Crippen LogP contribution in [0.15, 0.2) is 54.3 Å². The number of nitrogen functional groups attached to an aromatic ring is 1. The third-order valence-electron chi connectivity index (χ3n) is 3.51. The van der Waals surface area contributed by atoms with Crippen molar-refractivity contribution in [2.24, 2.45) is 0 Å². The van der Waals surface area contributed by atoms with Crippen LogP contribution in [0.4, 0.5) is 11.5 Å². The number of hydrogen-bond acceptors (Lipinski definition) is 6. The van der Waals surface area contributed by atoms with Crippen LogP contribution in [0.25, 0.3) is 16.7 Å². The minimum absolute atomic E-state index is 0.122. The summed E-state index contributed by atoms with van der Waals surface area (Å²) in [5, 5.41) is 9.74. The van der Waals surface area contributed by atoms with Crippen molar-refractivity contribution in [2.75, 3.05) is 11.1 Å². The second-order valence-corrected chi connectivity index (χ2v) is 5.98. The highest BCUT2D eigenvalue weighted by atomic mass is 32.1. The topological polar surface area (TPSA) is 98.7 Å². The van der Waals surface area contributed by atoms with Crippen molar-refractivity contribution in [3.05, 3.63) is 59.2 Å². The van der Waals surface area contributed by atoms with Gasteiger partial charge in [0.2, 0.25) is 0 Å². The molecule has 0 spiro atoms. The summed E-state index contributed by atoms with van der Waals surface area (Å²) in [7, 11) is 0. The van der Waals surface area contributed by atoms with E-state index in [1.54, 1.807) is 16.9 Å². The van der Waals surface area contributed by atoms with Gasteiger partial charge in [0.15, 0.2) is 5.65 Å². The number of nitrogens with one attached hydrogen (secondary N) is 1. The highest BCUT2D eigenvalue weighted by Crippen LogP contribution is 2.21. The van der Waals surface area contributed by atoms with Gasteiger partial charge in [0, 0.05) is 5.69 Å². The van der Waals surface area contributed by atoms with E-state index in [0.29, 0.717) is 27.4 Å². The lowest BCUT2D eigenvalue weighted by Crippen LogP contribution is -2.10. The van der Waals surface area contributed by atoms with Crippen LogP contribution in [0.2, 0.25) is 0 Å². The number of fused-ring (bicyclic) bond motifs is 1. The Hall–Kier alpha value is -3.26. The number of hydrogen-bond donors (Lipinski definition) is 2. The molecule has 0 aliphatic carbocycles. The van der Waals surface area contributed by atoms with E-state index in [0.717, 1.165) is 5.69 Å². The lowest BCUT2D eigenvalue weighted by atomic mass is 10.2. The summed E-state index contributed by atoms with van der Waals surface area (Å²) in [6.45, 7) is 0. The Kier molecular flexibility index (Phi) is 3.43. The molecule has 4 rings (SSSR count). The number of carbonyl (C=O) groups is 1. The summed E-state index contributed by atoms with van der Waals surface area (Å²) < 4.78 is 1.68. The van der Waals surface area contributed by atoms with E-state index in [-0.39, 0.29) is 5.91 Å². The zero-order chi connectivity index (χ0) is 16.5. The minimum Gasteiger partial charge on any atom is -0.383 e. The van der Waals surface area contributed by atoms with Crippen LogP contribution in [0.3, 0.4) is 0 Å². The average Bonchev–Trinajstić information content (AvgIpc) is 3.26. The average molecular weight is 336 g/mol. The zero-order valence-corrected chi connectivity index (χ0v) is 13.2. The second kappa shape index (κ2) is 5.74. The molecule has 8 heteroatoms. The molecule has 1 aromatic carbocycles. The number of nitrogens with zero attached hydrogens (tertiary/aromatic N) is 4. The summed E-state index contributed by atoms with van der Waals surface area (Å²) in [5.74, 6) is 0.272. The van der Waals surface area contributed by atoms with E-state index in [9.17, 15) is 4.79 Å². The molecule has 0 aliphatic rings. The number of nitrogens with two attached hydrogens (primary N) is 1. The summed E-state index contributed by atoms with van der Waals surface area (Å²) in [6.07, 6.45) is 3.04. The van der Waals surface area contributed by atoms with Crippen LogP contribution in [0.1, 0.15) is 9.67 Å². The second-order valence-electron chi connectivity index (χ2n) is 5.03. The zero-order valence-electron chi connectivity index (χ0n) is 12.4. The first-order chi connectivity index (χ1) is 11.7. The van der Waals surface area contributed by atoms with Crippen molar-refractivity contribution in [1.29, 1.82) is 0 Å². The molecule has 3 aromatic heterocycles. The Labute approximate surface area is 140 Å². The molecule has 3 N–H and O–H groups in total. The fraction of sp³-hybridized carbons (Fsp3) is 0. The van der Waals surface area contributed by atoms with Gasteiger partial charge in [-0.2, -0.15) is 5.10 Å². The molecular weight excluding hydrogens is 324 g/mol. The summed E-state index contributed by atoms with van der Waals surface area (Å²) in [5.41, 5.74) is 7.99. The Morgan fingerprint density at radius 3 is 2.75 bits per heavy atom. The number of benzene rings is 1. The van der Waals surface area contributed by atoms with E-state index in [2.05, 4.69) is 20.4 Å². The van der Waals surface area contributed by atoms with Gasteiger partial charge >= 0.3 is 0 Å². The van der Waals surface area contributed by atoms with Crippen molar-refractivity contribution in [3.8, 4) is 5.69 Å². The van der Waals surface area contributed by atoms with Crippen LogP contribution in [0.5, 0.6) is 0 Å². The molecule has 7 nitrogen and oxygen atoms in total. The SMILES string of the molecule is Nc1ncnc2c1cnn2-c1ccc(NC(=O)c2cccs2)cc1. The number of carbonyl (C=O) groups excluding carboxylic acids is 1. The van der Waals surface area contributed by atoms with Crippen LogP contribution >= 0.6 is 11.3 Å². The standard InChI is InChI=1S/C16H12N6OS/c17-14-12-8-20-22(15(12)19-9-18-14)11-5-3-10(4-6-11)21-16(23)13-2-1-7-24-13/h1-9H,(H,21,23)(H2,17,18,19). The minimum atomic E-state index is -0.122. The van der Waals surface area contributed by atoms with Gasteiger partial charge in [-0.05, 0) is 35.7 Å². The quantitative estimate of drug-likeness (QED) is 0.599. The van der Waals surface area contributed by atoms with Gasteiger partial charge in [-0.3, -0.25) is 4.79 Å². The van der Waals surface area contributed by atoms with Crippen LogP contribution in [0, 0.1) is 0 Å². The smallest absolute Gasteiger partial charge is 0.265 e. The molecule has 0 atom stereocenters. The lowest BCUT2D eigenvalue weighted by Gasteiger charge is -2.06. The van der Waals surface area contributed by atoms with E-state index in [1.165, 1.54) is 17.7 Å². The molecular formula is C16H12N6OS. The predicted octanol–water partition coefficient (Wildman–Crippen LogP) is 2.71. The molecule has 3 heterocycles. The molecule has 0 saturated heterocycles. The normalized spacial score (nSPS) is 10.8. The molecule has 0 radical (unpaired) electrons. The van der Waals surface area contributed by atoms with Crippen LogP contribution < -0.4 is 11.1 Å². The first-order valence-electron chi connectivity index (χ1n) is 7.12. The molecule has 1 amide bonds. The fourth-order valence-electron chi connectivity index (χ4n) is 2.34. The van der Waals surface area contributed by atoms with E-state index >= 15 is 0 Å². The van der Waals surface area contributed by atoms with Crippen LogP contribution in [-0.2, 0) is 0 Å². The van der Waals surface area contributed by atoms with Gasteiger partial charge in [-0.25, -0.2) is 14.6 Å². The molecule has 0 bridgehead atoms. The Morgan fingerprint density at radius 2 is 2.00 bits per heavy atom. The van der Waals surface area contributed by atoms with Crippen molar-refractivity contribution in [3.63, 3.8) is 0 Å². The monoisotopic (exact) mass is 336 g/mol. The van der Waals surface area contributed by atoms with Gasteiger partial charge < -0.3 is 11.1 Å².